The maximum atomic E-state index is 4.51. The van der Waals surface area contributed by atoms with Crippen LogP contribution in [0.15, 0.2) is 0 Å². The highest BCUT2D eigenvalue weighted by molar-refractivity contribution is 4.94. The van der Waals surface area contributed by atoms with Gasteiger partial charge in [-0.05, 0) is 27.7 Å². The molecule has 0 aliphatic carbocycles. The highest BCUT2D eigenvalue weighted by Crippen LogP contribution is 2.18. The van der Waals surface area contributed by atoms with Crippen LogP contribution in [0.5, 0.6) is 0 Å². The van der Waals surface area contributed by atoms with E-state index < -0.39 is 0 Å². The molecule has 1 fully saturated rings. The molecule has 0 amide bonds. The summed E-state index contributed by atoms with van der Waals surface area (Å²) in [5.41, 5.74) is 0.00266. The molecule has 1 N–H and O–H groups in total. The molecule has 5 nitrogen and oxygen atoms in total. The molecule has 0 saturated carbocycles. The first-order valence-corrected chi connectivity index (χ1v) is 6.33. The third-order valence-corrected chi connectivity index (χ3v) is 3.27. The molecular weight excluding hydrogens is 214 g/mol. The van der Waals surface area contributed by atoms with Crippen molar-refractivity contribution in [3.8, 4) is 0 Å². The lowest BCUT2D eigenvalue weighted by Crippen LogP contribution is -2.49. The van der Waals surface area contributed by atoms with E-state index in [-0.39, 0.29) is 5.54 Å². The summed E-state index contributed by atoms with van der Waals surface area (Å²) in [4.78, 5) is 6.88. The van der Waals surface area contributed by atoms with Gasteiger partial charge in [0.15, 0.2) is 0 Å². The molecule has 1 aliphatic rings. The number of nitrogens with one attached hydrogen (secondary N) is 1. The van der Waals surface area contributed by atoms with E-state index in [9.17, 15) is 0 Å². The van der Waals surface area contributed by atoms with Crippen LogP contribution in [-0.4, -0.2) is 52.4 Å². The number of rotatable bonds is 3. The summed E-state index contributed by atoms with van der Waals surface area (Å²) in [6, 6.07) is 0. The quantitative estimate of drug-likeness (QED) is 0.833. The average Bonchev–Trinajstić information content (AvgIpc) is 2.59. The number of hydrogen-bond acceptors (Lipinski definition) is 4. The highest BCUT2D eigenvalue weighted by atomic mass is 15.4. The van der Waals surface area contributed by atoms with E-state index in [0.29, 0.717) is 0 Å². The molecule has 96 valence electrons. The lowest BCUT2D eigenvalue weighted by molar-refractivity contribution is 0.152. The molecule has 0 unspecified atom stereocenters. The van der Waals surface area contributed by atoms with Crippen LogP contribution in [0.4, 0.5) is 0 Å². The predicted molar refractivity (Wildman–Crippen MR) is 68.1 cm³/mol. The maximum absolute atomic E-state index is 4.51. The fraction of sp³-hybridized carbons (Fsp3) is 0.833. The van der Waals surface area contributed by atoms with Crippen LogP contribution < -0.4 is 5.32 Å². The molecule has 0 spiro atoms. The lowest BCUT2D eigenvalue weighted by atomic mass is 10.0. The van der Waals surface area contributed by atoms with E-state index in [2.05, 4.69) is 38.8 Å². The zero-order chi connectivity index (χ0) is 12.5. The highest BCUT2D eigenvalue weighted by Gasteiger charge is 2.27. The fourth-order valence-corrected chi connectivity index (χ4v) is 2.58. The Bertz CT molecular complexity index is 376. The van der Waals surface area contributed by atoms with Gasteiger partial charge < -0.3 is 5.32 Å². The summed E-state index contributed by atoms with van der Waals surface area (Å²) >= 11 is 0. The first-order valence-electron chi connectivity index (χ1n) is 6.33. The zero-order valence-electron chi connectivity index (χ0n) is 11.3. The first-order chi connectivity index (χ1) is 7.99. The third kappa shape index (κ3) is 2.84. The molecule has 0 aromatic carbocycles. The summed E-state index contributed by atoms with van der Waals surface area (Å²) in [6.45, 7) is 13.9. The molecule has 0 radical (unpaired) electrons. The Balaban J connectivity index is 2.09. The Morgan fingerprint density at radius 1 is 1.24 bits per heavy atom. The number of aryl methyl sites for hydroxylation is 2. The summed E-state index contributed by atoms with van der Waals surface area (Å²) in [5.74, 6) is 1.86. The number of hydrogen-bond donors (Lipinski definition) is 1. The zero-order valence-corrected chi connectivity index (χ0v) is 11.3. The van der Waals surface area contributed by atoms with Crippen molar-refractivity contribution < 1.29 is 0 Å². The Morgan fingerprint density at radius 2 is 1.88 bits per heavy atom. The van der Waals surface area contributed by atoms with Gasteiger partial charge in [0.1, 0.15) is 11.6 Å². The van der Waals surface area contributed by atoms with Gasteiger partial charge in [0.2, 0.25) is 0 Å². The van der Waals surface area contributed by atoms with Gasteiger partial charge in [0.05, 0.1) is 5.54 Å². The number of aromatic nitrogens is 3. The van der Waals surface area contributed by atoms with Crippen LogP contribution in [0.2, 0.25) is 0 Å². The minimum atomic E-state index is 0.00266. The maximum Gasteiger partial charge on any atom is 0.147 e. The van der Waals surface area contributed by atoms with Gasteiger partial charge in [-0.1, -0.05) is 0 Å². The van der Waals surface area contributed by atoms with Crippen molar-refractivity contribution in [2.45, 2.75) is 33.2 Å². The van der Waals surface area contributed by atoms with Crippen LogP contribution in [0.25, 0.3) is 0 Å². The van der Waals surface area contributed by atoms with Gasteiger partial charge in [0, 0.05) is 32.7 Å². The van der Waals surface area contributed by atoms with E-state index in [1.165, 1.54) is 0 Å². The SMILES string of the molecule is Cc1nc(C)n(C(C)(C)CN2CCNCC2)n1. The van der Waals surface area contributed by atoms with Gasteiger partial charge in [-0.15, -0.1) is 0 Å². The van der Waals surface area contributed by atoms with Crippen molar-refractivity contribution in [3.05, 3.63) is 11.6 Å². The van der Waals surface area contributed by atoms with Crippen molar-refractivity contribution in [1.29, 1.82) is 0 Å². The molecule has 1 saturated heterocycles. The standard InChI is InChI=1S/C12H23N5/c1-10-14-11(2)17(15-10)12(3,4)9-16-7-5-13-6-8-16/h13H,5-9H2,1-4H3. The lowest BCUT2D eigenvalue weighted by Gasteiger charge is -2.35. The van der Waals surface area contributed by atoms with E-state index >= 15 is 0 Å². The van der Waals surface area contributed by atoms with Crippen LogP contribution in [0, 0.1) is 13.8 Å². The molecule has 2 heterocycles. The van der Waals surface area contributed by atoms with Crippen molar-refractivity contribution >= 4 is 0 Å². The average molecular weight is 237 g/mol. The second kappa shape index (κ2) is 4.74. The van der Waals surface area contributed by atoms with Gasteiger partial charge >= 0.3 is 0 Å². The molecule has 5 heteroatoms. The fourth-order valence-electron chi connectivity index (χ4n) is 2.58. The minimum Gasteiger partial charge on any atom is -0.314 e. The Morgan fingerprint density at radius 3 is 2.41 bits per heavy atom. The molecule has 2 rings (SSSR count). The second-order valence-electron chi connectivity index (χ2n) is 5.46. The first kappa shape index (κ1) is 12.5. The smallest absolute Gasteiger partial charge is 0.147 e. The van der Waals surface area contributed by atoms with Crippen molar-refractivity contribution in [2.75, 3.05) is 32.7 Å². The van der Waals surface area contributed by atoms with Crippen LogP contribution in [0.3, 0.4) is 0 Å². The van der Waals surface area contributed by atoms with Crippen LogP contribution in [0.1, 0.15) is 25.5 Å². The van der Waals surface area contributed by atoms with Crippen LogP contribution >= 0.6 is 0 Å². The third-order valence-electron chi connectivity index (χ3n) is 3.27. The molecule has 17 heavy (non-hydrogen) atoms. The van der Waals surface area contributed by atoms with Crippen molar-refractivity contribution in [1.82, 2.24) is 25.0 Å². The molecule has 1 aliphatic heterocycles. The van der Waals surface area contributed by atoms with Crippen molar-refractivity contribution in [3.63, 3.8) is 0 Å². The largest absolute Gasteiger partial charge is 0.314 e. The number of piperazine rings is 1. The summed E-state index contributed by atoms with van der Waals surface area (Å²) in [7, 11) is 0. The molecule has 1 aromatic heterocycles. The normalized spacial score (nSPS) is 18.6. The number of nitrogens with zero attached hydrogens (tertiary/aromatic N) is 4. The molecular formula is C12H23N5. The van der Waals surface area contributed by atoms with E-state index in [1.54, 1.807) is 0 Å². The van der Waals surface area contributed by atoms with Crippen LogP contribution in [-0.2, 0) is 5.54 Å². The monoisotopic (exact) mass is 237 g/mol. The van der Waals surface area contributed by atoms with Gasteiger partial charge in [-0.2, -0.15) is 5.10 Å². The Labute approximate surface area is 103 Å². The predicted octanol–water partition coefficient (Wildman–Crippen LogP) is 0.535. The summed E-state index contributed by atoms with van der Waals surface area (Å²) < 4.78 is 2.06. The minimum absolute atomic E-state index is 0.00266. The molecule has 0 atom stereocenters. The topological polar surface area (TPSA) is 46.0 Å². The second-order valence-corrected chi connectivity index (χ2v) is 5.46. The molecule has 1 aromatic rings. The summed E-state index contributed by atoms with van der Waals surface area (Å²) in [6.07, 6.45) is 0. The molecule has 0 bridgehead atoms. The Kier molecular flexibility index (Phi) is 3.49. The van der Waals surface area contributed by atoms with E-state index in [4.69, 9.17) is 0 Å². The summed E-state index contributed by atoms with van der Waals surface area (Å²) in [5, 5.41) is 7.89. The van der Waals surface area contributed by atoms with Gasteiger partial charge in [-0.3, -0.25) is 4.90 Å². The van der Waals surface area contributed by atoms with Gasteiger partial charge in [-0.25, -0.2) is 9.67 Å². The van der Waals surface area contributed by atoms with E-state index in [1.807, 2.05) is 13.8 Å². The Hall–Kier alpha value is -0.940. The van der Waals surface area contributed by atoms with E-state index in [0.717, 1.165) is 44.4 Å². The van der Waals surface area contributed by atoms with Crippen molar-refractivity contribution in [2.24, 2.45) is 0 Å². The van der Waals surface area contributed by atoms with Gasteiger partial charge in [0.25, 0.3) is 0 Å².